The van der Waals surface area contributed by atoms with E-state index in [0.29, 0.717) is 11.2 Å². The first-order chi connectivity index (χ1) is 10.2. The highest BCUT2D eigenvalue weighted by molar-refractivity contribution is 6.30. The van der Waals surface area contributed by atoms with Gasteiger partial charge in [-0.2, -0.15) is 0 Å². The van der Waals surface area contributed by atoms with E-state index >= 15 is 0 Å². The number of hydrogen-bond donors (Lipinski definition) is 1. The van der Waals surface area contributed by atoms with Crippen molar-refractivity contribution in [2.24, 2.45) is 0 Å². The van der Waals surface area contributed by atoms with Gasteiger partial charge in [-0.1, -0.05) is 17.7 Å². The Morgan fingerprint density at radius 3 is 3.10 bits per heavy atom. The van der Waals surface area contributed by atoms with Gasteiger partial charge in [-0.15, -0.1) is 0 Å². The molecule has 0 aliphatic carbocycles. The topological polar surface area (TPSA) is 53.9 Å². The lowest BCUT2D eigenvalue weighted by Crippen LogP contribution is -2.26. The van der Waals surface area contributed by atoms with Gasteiger partial charge >= 0.3 is 0 Å². The molecule has 0 spiro atoms. The largest absolute Gasteiger partial charge is 0.366 e. The van der Waals surface area contributed by atoms with Crippen LogP contribution in [0.1, 0.15) is 17.7 Å². The molecule has 5 nitrogen and oxygen atoms in total. The van der Waals surface area contributed by atoms with Gasteiger partial charge in [0.25, 0.3) is 0 Å². The summed E-state index contributed by atoms with van der Waals surface area (Å²) in [5.41, 5.74) is 2.06. The van der Waals surface area contributed by atoms with E-state index in [4.69, 9.17) is 11.6 Å². The van der Waals surface area contributed by atoms with Crippen molar-refractivity contribution in [1.82, 2.24) is 19.9 Å². The minimum atomic E-state index is 0.412. The normalized spacial score (nSPS) is 18.9. The van der Waals surface area contributed by atoms with Crippen LogP contribution in [-0.2, 0) is 6.54 Å². The summed E-state index contributed by atoms with van der Waals surface area (Å²) in [5.74, 6) is 0.897. The van der Waals surface area contributed by atoms with E-state index in [-0.39, 0.29) is 0 Å². The van der Waals surface area contributed by atoms with Gasteiger partial charge < -0.3 is 5.32 Å². The molecule has 1 N–H and O–H groups in total. The van der Waals surface area contributed by atoms with Crippen molar-refractivity contribution >= 4 is 17.4 Å². The van der Waals surface area contributed by atoms with Crippen LogP contribution in [0.3, 0.4) is 0 Å². The van der Waals surface area contributed by atoms with Crippen molar-refractivity contribution in [3.8, 4) is 0 Å². The third-order valence-electron chi connectivity index (χ3n) is 3.66. The van der Waals surface area contributed by atoms with Crippen LogP contribution in [0.15, 0.2) is 30.7 Å². The van der Waals surface area contributed by atoms with Crippen LogP contribution in [-0.4, -0.2) is 39.0 Å². The van der Waals surface area contributed by atoms with Crippen molar-refractivity contribution in [2.75, 3.05) is 18.4 Å². The third-order valence-corrected chi connectivity index (χ3v) is 4.00. The van der Waals surface area contributed by atoms with E-state index in [1.54, 1.807) is 12.5 Å². The molecule has 1 atom stereocenters. The monoisotopic (exact) mass is 303 g/mol. The molecule has 1 aliphatic rings. The van der Waals surface area contributed by atoms with Gasteiger partial charge in [0.05, 0.1) is 0 Å². The van der Waals surface area contributed by atoms with Crippen LogP contribution in [0.2, 0.25) is 5.15 Å². The number of halogens is 1. The van der Waals surface area contributed by atoms with E-state index in [1.165, 1.54) is 0 Å². The van der Waals surface area contributed by atoms with E-state index in [9.17, 15) is 0 Å². The predicted molar refractivity (Wildman–Crippen MR) is 83.3 cm³/mol. The lowest BCUT2D eigenvalue weighted by atomic mass is 10.2. The standard InChI is InChI=1S/C15H18ClN5/c1-11-7-14(19-10-18-11)20-13-4-6-21(9-13)8-12-3-2-5-17-15(12)16/h2-3,5,7,10,13H,4,6,8-9H2,1H3,(H,18,19,20). The maximum absolute atomic E-state index is 6.12. The first kappa shape index (κ1) is 14.2. The molecule has 1 aliphatic heterocycles. The van der Waals surface area contributed by atoms with Crippen LogP contribution >= 0.6 is 11.6 Å². The van der Waals surface area contributed by atoms with Gasteiger partial charge in [0.1, 0.15) is 17.3 Å². The fourth-order valence-corrected chi connectivity index (χ4v) is 2.79. The summed E-state index contributed by atoms with van der Waals surface area (Å²) in [5, 5.41) is 4.07. The minimum Gasteiger partial charge on any atom is -0.366 e. The first-order valence-electron chi connectivity index (χ1n) is 7.07. The second kappa shape index (κ2) is 6.37. The van der Waals surface area contributed by atoms with Crippen molar-refractivity contribution in [3.63, 3.8) is 0 Å². The zero-order valence-corrected chi connectivity index (χ0v) is 12.7. The van der Waals surface area contributed by atoms with Crippen molar-refractivity contribution in [1.29, 1.82) is 0 Å². The molecule has 3 heterocycles. The Hall–Kier alpha value is -1.72. The van der Waals surface area contributed by atoms with Gasteiger partial charge in [-0.05, 0) is 19.4 Å². The molecule has 1 saturated heterocycles. The third kappa shape index (κ3) is 3.68. The summed E-state index contributed by atoms with van der Waals surface area (Å²) in [4.78, 5) is 14.9. The second-order valence-electron chi connectivity index (χ2n) is 5.36. The highest BCUT2D eigenvalue weighted by atomic mass is 35.5. The molecule has 0 radical (unpaired) electrons. The van der Waals surface area contributed by atoms with Gasteiger partial charge in [0.15, 0.2) is 0 Å². The van der Waals surface area contributed by atoms with Gasteiger partial charge in [-0.3, -0.25) is 4.90 Å². The molecule has 1 fully saturated rings. The Labute approximate surface area is 129 Å². The Balaban J connectivity index is 1.57. The molecule has 0 amide bonds. The average molecular weight is 304 g/mol. The lowest BCUT2D eigenvalue weighted by molar-refractivity contribution is 0.328. The highest BCUT2D eigenvalue weighted by Crippen LogP contribution is 2.19. The smallest absolute Gasteiger partial charge is 0.133 e. The lowest BCUT2D eigenvalue weighted by Gasteiger charge is -2.17. The fraction of sp³-hybridized carbons (Fsp3) is 0.400. The number of anilines is 1. The summed E-state index contributed by atoms with van der Waals surface area (Å²) < 4.78 is 0. The molecule has 21 heavy (non-hydrogen) atoms. The number of rotatable bonds is 4. The van der Waals surface area contributed by atoms with Crippen LogP contribution in [0.25, 0.3) is 0 Å². The van der Waals surface area contributed by atoms with Crippen LogP contribution in [0.4, 0.5) is 5.82 Å². The van der Waals surface area contributed by atoms with E-state index in [2.05, 4.69) is 25.2 Å². The Morgan fingerprint density at radius 1 is 1.38 bits per heavy atom. The predicted octanol–water partition coefficient (Wildman–Crippen LogP) is 2.52. The number of hydrogen-bond acceptors (Lipinski definition) is 5. The van der Waals surface area contributed by atoms with Gasteiger partial charge in [0, 0.05) is 49.2 Å². The van der Waals surface area contributed by atoms with Gasteiger partial charge in [-0.25, -0.2) is 15.0 Å². The minimum absolute atomic E-state index is 0.412. The molecule has 2 aromatic rings. The molecular weight excluding hydrogens is 286 g/mol. The quantitative estimate of drug-likeness (QED) is 0.880. The Bertz CT molecular complexity index is 619. The molecular formula is C15H18ClN5. The molecule has 110 valence electrons. The molecule has 1 unspecified atom stereocenters. The highest BCUT2D eigenvalue weighted by Gasteiger charge is 2.23. The van der Waals surface area contributed by atoms with Crippen LogP contribution in [0, 0.1) is 6.92 Å². The van der Waals surface area contributed by atoms with E-state index < -0.39 is 0 Å². The number of likely N-dealkylation sites (tertiary alicyclic amines) is 1. The molecule has 0 saturated carbocycles. The number of nitrogens with one attached hydrogen (secondary N) is 1. The first-order valence-corrected chi connectivity index (χ1v) is 7.45. The molecule has 0 bridgehead atoms. The SMILES string of the molecule is Cc1cc(NC2CCN(Cc3cccnc3Cl)C2)ncn1. The maximum atomic E-state index is 6.12. The molecule has 2 aromatic heterocycles. The zero-order chi connectivity index (χ0) is 14.7. The van der Waals surface area contributed by atoms with Crippen molar-refractivity contribution < 1.29 is 0 Å². The average Bonchev–Trinajstić information content (AvgIpc) is 2.89. The number of aromatic nitrogens is 3. The summed E-state index contributed by atoms with van der Waals surface area (Å²) in [6.45, 7) is 4.84. The Kier molecular flexibility index (Phi) is 4.31. The van der Waals surface area contributed by atoms with Crippen LogP contribution in [0.5, 0.6) is 0 Å². The second-order valence-corrected chi connectivity index (χ2v) is 5.72. The van der Waals surface area contributed by atoms with E-state index in [0.717, 1.165) is 43.1 Å². The molecule has 6 heteroatoms. The van der Waals surface area contributed by atoms with Crippen molar-refractivity contribution in [2.45, 2.75) is 25.9 Å². The zero-order valence-electron chi connectivity index (χ0n) is 12.0. The molecule has 3 rings (SSSR count). The Morgan fingerprint density at radius 2 is 2.29 bits per heavy atom. The summed E-state index contributed by atoms with van der Waals surface area (Å²) in [7, 11) is 0. The number of nitrogens with zero attached hydrogens (tertiary/aromatic N) is 4. The molecule has 0 aromatic carbocycles. The number of pyridine rings is 1. The van der Waals surface area contributed by atoms with Crippen LogP contribution < -0.4 is 5.32 Å². The summed E-state index contributed by atoms with van der Waals surface area (Å²) in [6.07, 6.45) is 4.42. The number of aryl methyl sites for hydroxylation is 1. The summed E-state index contributed by atoms with van der Waals surface area (Å²) >= 11 is 6.12. The summed E-state index contributed by atoms with van der Waals surface area (Å²) in [6, 6.07) is 6.34. The van der Waals surface area contributed by atoms with Gasteiger partial charge in [0.2, 0.25) is 0 Å². The maximum Gasteiger partial charge on any atom is 0.133 e. The van der Waals surface area contributed by atoms with Crippen molar-refractivity contribution in [3.05, 3.63) is 47.1 Å². The van der Waals surface area contributed by atoms with E-state index in [1.807, 2.05) is 25.1 Å². The fourth-order valence-electron chi connectivity index (χ4n) is 2.61.